The van der Waals surface area contributed by atoms with Crippen molar-refractivity contribution >= 4 is 0 Å². The van der Waals surface area contributed by atoms with Gasteiger partial charge in [-0.1, -0.05) is 42.4 Å². The molecule has 0 saturated carbocycles. The van der Waals surface area contributed by atoms with Crippen LogP contribution in [0.15, 0.2) is 34.9 Å². The van der Waals surface area contributed by atoms with E-state index in [9.17, 15) is 0 Å². The summed E-state index contributed by atoms with van der Waals surface area (Å²) in [6, 6.07) is 9.95. The second-order valence-electron chi connectivity index (χ2n) is 4.14. The molecule has 0 radical (unpaired) electrons. The molecule has 0 bridgehead atoms. The smallest absolute Gasteiger partial charge is 0.233 e. The van der Waals surface area contributed by atoms with Crippen molar-refractivity contribution in [3.05, 3.63) is 47.6 Å². The van der Waals surface area contributed by atoms with Gasteiger partial charge in [0.05, 0.1) is 12.0 Å². The van der Waals surface area contributed by atoms with Gasteiger partial charge in [0.2, 0.25) is 5.89 Å². The highest BCUT2D eigenvalue weighted by molar-refractivity contribution is 5.23. The number of rotatable bonds is 4. The first-order chi connectivity index (χ1) is 8.22. The number of benzene rings is 1. The Bertz CT molecular complexity index is 467. The van der Waals surface area contributed by atoms with E-state index in [1.54, 1.807) is 0 Å². The number of nitrogens with zero attached hydrogens (tertiary/aromatic N) is 2. The van der Waals surface area contributed by atoms with E-state index >= 15 is 0 Å². The van der Waals surface area contributed by atoms with Crippen molar-refractivity contribution in [3.63, 3.8) is 0 Å². The lowest BCUT2D eigenvalue weighted by Crippen LogP contribution is -2.10. The molecule has 0 saturated heterocycles. The maximum absolute atomic E-state index is 5.86. The average Bonchev–Trinajstić information content (AvgIpc) is 2.87. The number of hydrogen-bond donors (Lipinski definition) is 1. The minimum atomic E-state index is -0.143. The van der Waals surface area contributed by atoms with Crippen molar-refractivity contribution in [3.8, 4) is 0 Å². The Kier molecular flexibility index (Phi) is 3.54. The molecule has 4 heteroatoms. The minimum absolute atomic E-state index is 0.0986. The molecular formula is C13H17N3O. The van der Waals surface area contributed by atoms with Gasteiger partial charge in [-0.3, -0.25) is 0 Å². The van der Waals surface area contributed by atoms with Gasteiger partial charge in [0.25, 0.3) is 0 Å². The van der Waals surface area contributed by atoms with Gasteiger partial charge in [0.15, 0.2) is 5.82 Å². The standard InChI is InChI=1S/C13H17N3O/c1-3-11(14)12-15-13(17-16-12)9(2)10-7-5-4-6-8-10/h4-9,11H,3,14H2,1-2H3. The van der Waals surface area contributed by atoms with Crippen LogP contribution in [0.4, 0.5) is 0 Å². The molecule has 2 atom stereocenters. The van der Waals surface area contributed by atoms with E-state index in [4.69, 9.17) is 10.3 Å². The van der Waals surface area contributed by atoms with Crippen molar-refractivity contribution in [1.29, 1.82) is 0 Å². The molecule has 0 aliphatic rings. The molecule has 2 N–H and O–H groups in total. The van der Waals surface area contributed by atoms with E-state index < -0.39 is 0 Å². The highest BCUT2D eigenvalue weighted by Crippen LogP contribution is 2.23. The first-order valence-corrected chi connectivity index (χ1v) is 5.86. The van der Waals surface area contributed by atoms with Crippen molar-refractivity contribution in [1.82, 2.24) is 10.1 Å². The van der Waals surface area contributed by atoms with Gasteiger partial charge >= 0.3 is 0 Å². The van der Waals surface area contributed by atoms with E-state index in [0.29, 0.717) is 11.7 Å². The van der Waals surface area contributed by atoms with Gasteiger partial charge in [-0.05, 0) is 18.9 Å². The third kappa shape index (κ3) is 2.53. The lowest BCUT2D eigenvalue weighted by Gasteiger charge is -2.05. The van der Waals surface area contributed by atoms with Crippen LogP contribution in [-0.2, 0) is 0 Å². The van der Waals surface area contributed by atoms with Crippen LogP contribution in [-0.4, -0.2) is 10.1 Å². The molecule has 90 valence electrons. The van der Waals surface area contributed by atoms with Crippen LogP contribution < -0.4 is 5.73 Å². The summed E-state index contributed by atoms with van der Waals surface area (Å²) < 4.78 is 5.26. The molecule has 17 heavy (non-hydrogen) atoms. The molecule has 0 fully saturated rings. The number of nitrogens with two attached hydrogens (primary N) is 1. The average molecular weight is 231 g/mol. The highest BCUT2D eigenvalue weighted by Gasteiger charge is 2.18. The fourth-order valence-electron chi connectivity index (χ4n) is 1.64. The zero-order valence-electron chi connectivity index (χ0n) is 10.1. The molecule has 1 aromatic carbocycles. The Hall–Kier alpha value is -1.68. The normalized spacial score (nSPS) is 14.5. The van der Waals surface area contributed by atoms with Crippen molar-refractivity contribution in [2.45, 2.75) is 32.2 Å². The van der Waals surface area contributed by atoms with Crippen molar-refractivity contribution in [2.75, 3.05) is 0 Å². The minimum Gasteiger partial charge on any atom is -0.339 e. The number of aromatic nitrogens is 2. The summed E-state index contributed by atoms with van der Waals surface area (Å²) in [5.41, 5.74) is 7.02. The Morgan fingerprint density at radius 2 is 2.00 bits per heavy atom. The van der Waals surface area contributed by atoms with E-state index in [-0.39, 0.29) is 12.0 Å². The maximum Gasteiger partial charge on any atom is 0.233 e. The summed E-state index contributed by atoms with van der Waals surface area (Å²) >= 11 is 0. The molecule has 1 heterocycles. The Morgan fingerprint density at radius 1 is 1.29 bits per heavy atom. The van der Waals surface area contributed by atoms with Crippen molar-refractivity contribution < 1.29 is 4.52 Å². The van der Waals surface area contributed by atoms with Gasteiger partial charge in [0.1, 0.15) is 0 Å². The van der Waals surface area contributed by atoms with Crippen LogP contribution in [0.25, 0.3) is 0 Å². The fraction of sp³-hybridized carbons (Fsp3) is 0.385. The second-order valence-corrected chi connectivity index (χ2v) is 4.14. The summed E-state index contributed by atoms with van der Waals surface area (Å²) in [6.07, 6.45) is 0.804. The molecule has 2 unspecified atom stereocenters. The molecule has 0 aliphatic heterocycles. The SMILES string of the molecule is CCC(N)c1noc(C(C)c2ccccc2)n1. The fourth-order valence-corrected chi connectivity index (χ4v) is 1.64. The molecule has 0 spiro atoms. The monoisotopic (exact) mass is 231 g/mol. The first-order valence-electron chi connectivity index (χ1n) is 5.86. The molecule has 1 aromatic heterocycles. The Balaban J connectivity index is 2.20. The van der Waals surface area contributed by atoms with Crippen LogP contribution >= 0.6 is 0 Å². The third-order valence-corrected chi connectivity index (χ3v) is 2.90. The largest absolute Gasteiger partial charge is 0.339 e. The zero-order chi connectivity index (χ0) is 12.3. The highest BCUT2D eigenvalue weighted by atomic mass is 16.5. The van der Waals surface area contributed by atoms with Gasteiger partial charge in [-0.15, -0.1) is 0 Å². The summed E-state index contributed by atoms with van der Waals surface area (Å²) in [5.74, 6) is 1.31. The molecular weight excluding hydrogens is 214 g/mol. The second kappa shape index (κ2) is 5.10. The molecule has 2 rings (SSSR count). The van der Waals surface area contributed by atoms with E-state index in [2.05, 4.69) is 10.1 Å². The predicted molar refractivity (Wildman–Crippen MR) is 65.5 cm³/mol. The summed E-state index contributed by atoms with van der Waals surface area (Å²) in [4.78, 5) is 4.35. The Labute approximate surface area is 101 Å². The third-order valence-electron chi connectivity index (χ3n) is 2.90. The van der Waals surface area contributed by atoms with Crippen LogP contribution in [0, 0.1) is 0 Å². The van der Waals surface area contributed by atoms with Crippen LogP contribution in [0.2, 0.25) is 0 Å². The first kappa shape index (κ1) is 11.8. The zero-order valence-corrected chi connectivity index (χ0v) is 10.1. The summed E-state index contributed by atoms with van der Waals surface area (Å²) in [6.45, 7) is 4.05. The summed E-state index contributed by atoms with van der Waals surface area (Å²) in [5, 5.41) is 3.92. The summed E-state index contributed by atoms with van der Waals surface area (Å²) in [7, 11) is 0. The van der Waals surface area contributed by atoms with Crippen LogP contribution in [0.5, 0.6) is 0 Å². The van der Waals surface area contributed by atoms with E-state index in [1.165, 1.54) is 0 Å². The topological polar surface area (TPSA) is 64.9 Å². The lowest BCUT2D eigenvalue weighted by molar-refractivity contribution is 0.362. The van der Waals surface area contributed by atoms with Gasteiger partial charge in [-0.2, -0.15) is 4.98 Å². The number of hydrogen-bond acceptors (Lipinski definition) is 4. The van der Waals surface area contributed by atoms with E-state index in [0.717, 1.165) is 12.0 Å². The van der Waals surface area contributed by atoms with Crippen LogP contribution in [0.3, 0.4) is 0 Å². The predicted octanol–water partition coefficient (Wildman–Crippen LogP) is 2.63. The van der Waals surface area contributed by atoms with Crippen molar-refractivity contribution in [2.24, 2.45) is 5.73 Å². The van der Waals surface area contributed by atoms with Crippen LogP contribution in [0.1, 0.15) is 49.5 Å². The molecule has 4 nitrogen and oxygen atoms in total. The van der Waals surface area contributed by atoms with Gasteiger partial charge in [0, 0.05) is 0 Å². The maximum atomic E-state index is 5.86. The molecule has 2 aromatic rings. The van der Waals surface area contributed by atoms with Gasteiger partial charge < -0.3 is 10.3 Å². The quantitative estimate of drug-likeness (QED) is 0.878. The van der Waals surface area contributed by atoms with Gasteiger partial charge in [-0.25, -0.2) is 0 Å². The molecule has 0 amide bonds. The lowest BCUT2D eigenvalue weighted by atomic mass is 10.0. The van der Waals surface area contributed by atoms with E-state index in [1.807, 2.05) is 44.2 Å². The Morgan fingerprint density at radius 3 is 2.65 bits per heavy atom. The molecule has 0 aliphatic carbocycles.